The Morgan fingerprint density at radius 2 is 1.75 bits per heavy atom. The first-order valence-electron chi connectivity index (χ1n) is 4.81. The molecule has 0 aromatic heterocycles. The molecule has 12 heavy (non-hydrogen) atoms. The Morgan fingerprint density at radius 3 is 2.08 bits per heavy atom. The minimum Gasteiger partial charge on any atom is -0.296 e. The zero-order valence-electron chi connectivity index (χ0n) is 8.78. The normalized spacial score (nSPS) is 29.4. The third-order valence-electron chi connectivity index (χ3n) is 2.70. The molecule has 0 N–H and O–H groups in total. The van der Waals surface area contributed by atoms with Crippen LogP contribution in [0.25, 0.3) is 0 Å². The van der Waals surface area contributed by atoms with Crippen molar-refractivity contribution >= 4 is 6.21 Å². The van der Waals surface area contributed by atoms with Crippen molar-refractivity contribution in [2.24, 2.45) is 22.9 Å². The molecule has 1 rings (SSSR count). The zero-order valence-corrected chi connectivity index (χ0v) is 8.78. The van der Waals surface area contributed by atoms with Gasteiger partial charge in [0, 0.05) is 19.2 Å². The summed E-state index contributed by atoms with van der Waals surface area (Å²) < 4.78 is 0. The summed E-state index contributed by atoms with van der Waals surface area (Å²) in [6.45, 7) is 9.08. The summed E-state index contributed by atoms with van der Waals surface area (Å²) in [4.78, 5) is 0. The Labute approximate surface area is 75.6 Å². The lowest BCUT2D eigenvalue weighted by atomic mass is 9.84. The van der Waals surface area contributed by atoms with Gasteiger partial charge in [-0.2, -0.15) is 5.10 Å². The highest BCUT2D eigenvalue weighted by Gasteiger charge is 2.32. The zero-order chi connectivity index (χ0) is 9.30. The molecule has 0 fully saturated rings. The van der Waals surface area contributed by atoms with E-state index in [9.17, 15) is 0 Å². The van der Waals surface area contributed by atoms with Crippen LogP contribution in [0.5, 0.6) is 0 Å². The summed E-state index contributed by atoms with van der Waals surface area (Å²) in [5.41, 5.74) is 0. The van der Waals surface area contributed by atoms with E-state index in [1.165, 1.54) is 0 Å². The maximum absolute atomic E-state index is 4.35. The summed E-state index contributed by atoms with van der Waals surface area (Å²) >= 11 is 0. The summed E-state index contributed by atoms with van der Waals surface area (Å²) in [5.74, 6) is 2.02. The topological polar surface area (TPSA) is 15.6 Å². The fourth-order valence-corrected chi connectivity index (χ4v) is 2.04. The minimum absolute atomic E-state index is 0.602. The molecule has 0 bridgehead atoms. The molecular formula is C10H20N2. The van der Waals surface area contributed by atoms with E-state index >= 15 is 0 Å². The van der Waals surface area contributed by atoms with Crippen LogP contribution in [0.1, 0.15) is 27.7 Å². The van der Waals surface area contributed by atoms with E-state index in [1.54, 1.807) is 0 Å². The van der Waals surface area contributed by atoms with Crippen molar-refractivity contribution in [2.75, 3.05) is 7.05 Å². The lowest BCUT2D eigenvalue weighted by Crippen LogP contribution is -2.36. The molecule has 1 heterocycles. The van der Waals surface area contributed by atoms with Gasteiger partial charge < -0.3 is 0 Å². The average Bonchev–Trinajstić information content (AvgIpc) is 2.30. The van der Waals surface area contributed by atoms with Crippen molar-refractivity contribution in [3.05, 3.63) is 0 Å². The molecule has 0 saturated heterocycles. The first-order chi connectivity index (χ1) is 5.54. The van der Waals surface area contributed by atoms with Crippen LogP contribution in [0.2, 0.25) is 0 Å². The molecule has 1 aliphatic rings. The molecule has 0 aromatic rings. The van der Waals surface area contributed by atoms with Crippen LogP contribution in [-0.4, -0.2) is 24.3 Å². The minimum atomic E-state index is 0.602. The molecule has 0 amide bonds. The number of hydrogen-bond donors (Lipinski definition) is 0. The molecule has 0 saturated carbocycles. The van der Waals surface area contributed by atoms with Gasteiger partial charge in [-0.3, -0.25) is 5.01 Å². The second kappa shape index (κ2) is 3.46. The highest BCUT2D eigenvalue weighted by molar-refractivity contribution is 5.64. The Hall–Kier alpha value is -0.530. The van der Waals surface area contributed by atoms with Crippen LogP contribution in [0.15, 0.2) is 5.10 Å². The van der Waals surface area contributed by atoms with Crippen molar-refractivity contribution in [2.45, 2.75) is 33.7 Å². The lowest BCUT2D eigenvalue weighted by molar-refractivity contribution is 0.170. The van der Waals surface area contributed by atoms with E-state index in [2.05, 4.69) is 51.1 Å². The van der Waals surface area contributed by atoms with Crippen molar-refractivity contribution in [3.8, 4) is 0 Å². The van der Waals surface area contributed by atoms with Crippen molar-refractivity contribution < 1.29 is 0 Å². The van der Waals surface area contributed by atoms with Crippen molar-refractivity contribution in [3.63, 3.8) is 0 Å². The van der Waals surface area contributed by atoms with Crippen LogP contribution in [0.4, 0.5) is 0 Å². The lowest BCUT2D eigenvalue weighted by Gasteiger charge is -2.29. The molecule has 2 heteroatoms. The van der Waals surface area contributed by atoms with E-state index in [0.717, 1.165) is 0 Å². The van der Waals surface area contributed by atoms with Gasteiger partial charge >= 0.3 is 0 Å². The van der Waals surface area contributed by atoms with Gasteiger partial charge in [0.2, 0.25) is 0 Å². The van der Waals surface area contributed by atoms with Crippen LogP contribution < -0.4 is 0 Å². The van der Waals surface area contributed by atoms with Gasteiger partial charge in [-0.05, 0) is 11.8 Å². The molecule has 2 nitrogen and oxygen atoms in total. The van der Waals surface area contributed by atoms with Gasteiger partial charge in [-0.25, -0.2) is 0 Å². The van der Waals surface area contributed by atoms with Crippen LogP contribution in [-0.2, 0) is 0 Å². The maximum atomic E-state index is 4.35. The first-order valence-corrected chi connectivity index (χ1v) is 4.81. The highest BCUT2D eigenvalue weighted by Crippen LogP contribution is 2.27. The fourth-order valence-electron chi connectivity index (χ4n) is 2.04. The van der Waals surface area contributed by atoms with Gasteiger partial charge in [0.15, 0.2) is 0 Å². The molecule has 0 aromatic carbocycles. The Bertz CT molecular complexity index is 173. The van der Waals surface area contributed by atoms with E-state index in [-0.39, 0.29) is 0 Å². The van der Waals surface area contributed by atoms with E-state index in [1.807, 2.05) is 0 Å². The molecule has 2 unspecified atom stereocenters. The van der Waals surface area contributed by atoms with Gasteiger partial charge in [0.1, 0.15) is 0 Å². The second-order valence-corrected chi connectivity index (χ2v) is 4.39. The van der Waals surface area contributed by atoms with Gasteiger partial charge in [0.05, 0.1) is 6.04 Å². The Kier molecular flexibility index (Phi) is 2.76. The molecule has 1 aliphatic heterocycles. The third kappa shape index (κ3) is 1.62. The number of nitrogens with zero attached hydrogens (tertiary/aromatic N) is 2. The van der Waals surface area contributed by atoms with Crippen LogP contribution in [0, 0.1) is 17.8 Å². The van der Waals surface area contributed by atoms with E-state index in [0.29, 0.717) is 23.8 Å². The van der Waals surface area contributed by atoms with Gasteiger partial charge in [0.25, 0.3) is 0 Å². The first kappa shape index (κ1) is 9.56. The molecule has 2 atom stereocenters. The van der Waals surface area contributed by atoms with E-state index in [4.69, 9.17) is 0 Å². The Balaban J connectivity index is 2.69. The number of hydrazone groups is 1. The predicted octanol–water partition coefficient (Wildman–Crippen LogP) is 2.21. The molecule has 0 aliphatic carbocycles. The summed E-state index contributed by atoms with van der Waals surface area (Å²) in [7, 11) is 2.07. The van der Waals surface area contributed by atoms with Crippen LogP contribution >= 0.6 is 0 Å². The average molecular weight is 168 g/mol. The van der Waals surface area contributed by atoms with Crippen molar-refractivity contribution in [1.29, 1.82) is 0 Å². The summed E-state index contributed by atoms with van der Waals surface area (Å²) in [5, 5.41) is 6.46. The number of rotatable bonds is 2. The SMILES string of the molecule is CC(C)C1C=NN(C)C1C(C)C. The quantitative estimate of drug-likeness (QED) is 0.617. The third-order valence-corrected chi connectivity index (χ3v) is 2.70. The fraction of sp³-hybridized carbons (Fsp3) is 0.900. The standard InChI is InChI=1S/C10H20N2/c1-7(2)9-6-11-12(5)10(9)8(3)4/h6-10H,1-5H3. The van der Waals surface area contributed by atoms with E-state index < -0.39 is 0 Å². The van der Waals surface area contributed by atoms with Gasteiger partial charge in [-0.1, -0.05) is 27.7 Å². The van der Waals surface area contributed by atoms with Crippen molar-refractivity contribution in [1.82, 2.24) is 5.01 Å². The number of hydrogen-bond acceptors (Lipinski definition) is 2. The molecule has 0 radical (unpaired) electrons. The summed E-state index contributed by atoms with van der Waals surface area (Å²) in [6.07, 6.45) is 2.11. The summed E-state index contributed by atoms with van der Waals surface area (Å²) in [6, 6.07) is 0.602. The molecule has 0 spiro atoms. The molecular weight excluding hydrogens is 148 g/mol. The maximum Gasteiger partial charge on any atom is 0.0570 e. The van der Waals surface area contributed by atoms with Gasteiger partial charge in [-0.15, -0.1) is 0 Å². The van der Waals surface area contributed by atoms with Crippen LogP contribution in [0.3, 0.4) is 0 Å². The molecule has 70 valence electrons. The predicted molar refractivity (Wildman–Crippen MR) is 53.2 cm³/mol. The largest absolute Gasteiger partial charge is 0.296 e. The Morgan fingerprint density at radius 1 is 1.17 bits per heavy atom. The smallest absolute Gasteiger partial charge is 0.0570 e. The second-order valence-electron chi connectivity index (χ2n) is 4.39. The highest BCUT2D eigenvalue weighted by atomic mass is 15.5. The monoisotopic (exact) mass is 168 g/mol.